The van der Waals surface area contributed by atoms with Gasteiger partial charge in [-0.3, -0.25) is 14.4 Å². The van der Waals surface area contributed by atoms with E-state index in [1.54, 1.807) is 24.3 Å². The van der Waals surface area contributed by atoms with E-state index in [-0.39, 0.29) is 25.6 Å². The van der Waals surface area contributed by atoms with Gasteiger partial charge in [0.2, 0.25) is 5.91 Å². The molecule has 0 saturated heterocycles. The van der Waals surface area contributed by atoms with Crippen molar-refractivity contribution >= 4 is 33.7 Å². The van der Waals surface area contributed by atoms with Crippen LogP contribution in [0.2, 0.25) is 0 Å². The Kier molecular flexibility index (Phi) is 7.30. The number of rotatable bonds is 8. The van der Waals surface area contributed by atoms with Gasteiger partial charge in [0.05, 0.1) is 11.0 Å². The van der Waals surface area contributed by atoms with Crippen LogP contribution in [0.5, 0.6) is 5.75 Å². The van der Waals surface area contributed by atoms with E-state index in [1.165, 1.54) is 18.2 Å². The van der Waals surface area contributed by atoms with E-state index in [0.717, 1.165) is 5.56 Å². The van der Waals surface area contributed by atoms with E-state index >= 15 is 0 Å². The second-order valence-electron chi connectivity index (χ2n) is 5.49. The van der Waals surface area contributed by atoms with Crippen LogP contribution >= 0.6 is 15.9 Å². The zero-order valence-electron chi connectivity index (χ0n) is 14.1. The van der Waals surface area contributed by atoms with Crippen LogP contribution in [0.1, 0.15) is 15.9 Å². The first-order valence-corrected chi connectivity index (χ1v) is 8.64. The molecule has 0 atom stereocenters. The average Bonchev–Trinajstić information content (AvgIpc) is 2.64. The molecule has 0 saturated carbocycles. The lowest BCUT2D eigenvalue weighted by Crippen LogP contribution is -2.33. The van der Waals surface area contributed by atoms with Gasteiger partial charge in [-0.2, -0.15) is 0 Å². The van der Waals surface area contributed by atoms with Crippen LogP contribution in [-0.4, -0.2) is 30.9 Å². The van der Waals surface area contributed by atoms with Gasteiger partial charge < -0.3 is 21.1 Å². The fourth-order valence-electron chi connectivity index (χ4n) is 2.03. The van der Waals surface area contributed by atoms with Crippen LogP contribution in [0.15, 0.2) is 46.9 Å². The Morgan fingerprint density at radius 2 is 1.78 bits per heavy atom. The van der Waals surface area contributed by atoms with Gasteiger partial charge in [0, 0.05) is 12.1 Å². The second kappa shape index (κ2) is 9.67. The van der Waals surface area contributed by atoms with Crippen molar-refractivity contribution in [2.75, 3.05) is 13.2 Å². The molecule has 4 N–H and O–H groups in total. The maximum atomic E-state index is 13.0. The Bertz CT molecular complexity index is 843. The highest BCUT2D eigenvalue weighted by atomic mass is 79.9. The summed E-state index contributed by atoms with van der Waals surface area (Å²) in [5, 5.41) is 5.06. The van der Waals surface area contributed by atoms with Gasteiger partial charge >= 0.3 is 0 Å². The molecular weight excluding hydrogens is 421 g/mol. The van der Waals surface area contributed by atoms with Gasteiger partial charge in [-0.1, -0.05) is 12.1 Å². The van der Waals surface area contributed by atoms with Gasteiger partial charge in [0.15, 0.2) is 6.61 Å². The number of halogens is 2. The molecule has 2 rings (SSSR count). The normalized spacial score (nSPS) is 10.1. The summed E-state index contributed by atoms with van der Waals surface area (Å²) >= 11 is 3.16. The van der Waals surface area contributed by atoms with Crippen LogP contribution in [0.25, 0.3) is 0 Å². The minimum atomic E-state index is -0.627. The van der Waals surface area contributed by atoms with Crippen molar-refractivity contribution < 1.29 is 23.5 Å². The number of hydrogen-bond acceptors (Lipinski definition) is 4. The summed E-state index contributed by atoms with van der Waals surface area (Å²) in [6, 6.07) is 10.4. The first kappa shape index (κ1) is 20.4. The molecule has 0 aliphatic rings. The van der Waals surface area contributed by atoms with Gasteiger partial charge in [0.25, 0.3) is 11.8 Å². The van der Waals surface area contributed by atoms with Crippen molar-refractivity contribution in [2.24, 2.45) is 5.73 Å². The summed E-state index contributed by atoms with van der Waals surface area (Å²) < 4.78 is 18.7. The number of primary amides is 1. The SMILES string of the molecule is NC(=O)CNC(=O)c1ccc(CNC(=O)COc2ccc(F)cc2Br)cc1. The van der Waals surface area contributed by atoms with E-state index in [0.29, 0.717) is 15.8 Å². The Balaban J connectivity index is 1.79. The fourth-order valence-corrected chi connectivity index (χ4v) is 2.50. The second-order valence-corrected chi connectivity index (χ2v) is 6.34. The Hall–Kier alpha value is -2.94. The quantitative estimate of drug-likeness (QED) is 0.580. The molecule has 0 bridgehead atoms. The van der Waals surface area contributed by atoms with Crippen molar-refractivity contribution in [1.29, 1.82) is 0 Å². The number of hydrogen-bond donors (Lipinski definition) is 3. The van der Waals surface area contributed by atoms with Crippen molar-refractivity contribution in [1.82, 2.24) is 10.6 Å². The summed E-state index contributed by atoms with van der Waals surface area (Å²) in [6.45, 7) is -0.214. The first-order chi connectivity index (χ1) is 12.8. The molecule has 2 aromatic rings. The summed E-state index contributed by atoms with van der Waals surface area (Å²) in [5.41, 5.74) is 6.11. The smallest absolute Gasteiger partial charge is 0.258 e. The van der Waals surface area contributed by atoms with Crippen LogP contribution < -0.4 is 21.1 Å². The van der Waals surface area contributed by atoms with Crippen molar-refractivity contribution in [3.63, 3.8) is 0 Å². The topological polar surface area (TPSA) is 111 Å². The molecule has 27 heavy (non-hydrogen) atoms. The Labute approximate surface area is 163 Å². The van der Waals surface area contributed by atoms with E-state index < -0.39 is 17.6 Å². The number of nitrogens with two attached hydrogens (primary N) is 1. The highest BCUT2D eigenvalue weighted by Gasteiger charge is 2.08. The first-order valence-electron chi connectivity index (χ1n) is 7.85. The number of carbonyl (C=O) groups is 3. The molecular formula is C18H17BrFN3O4. The number of amides is 3. The van der Waals surface area contributed by atoms with E-state index in [4.69, 9.17) is 10.5 Å². The van der Waals surface area contributed by atoms with E-state index in [1.807, 2.05) is 0 Å². The third-order valence-electron chi connectivity index (χ3n) is 3.38. The number of carbonyl (C=O) groups excluding carboxylic acids is 3. The van der Waals surface area contributed by atoms with Crippen LogP contribution in [-0.2, 0) is 16.1 Å². The molecule has 3 amide bonds. The third kappa shape index (κ3) is 6.70. The van der Waals surface area contributed by atoms with Gasteiger partial charge in [0.1, 0.15) is 11.6 Å². The molecule has 0 aromatic heterocycles. The predicted octanol–water partition coefficient (Wildman–Crippen LogP) is 1.50. The summed E-state index contributed by atoms with van der Waals surface area (Å²) in [4.78, 5) is 34.3. The lowest BCUT2D eigenvalue weighted by molar-refractivity contribution is -0.123. The maximum Gasteiger partial charge on any atom is 0.258 e. The van der Waals surface area contributed by atoms with Gasteiger partial charge in [-0.05, 0) is 51.8 Å². The lowest BCUT2D eigenvalue weighted by Gasteiger charge is -2.09. The summed E-state index contributed by atoms with van der Waals surface area (Å²) in [6.07, 6.45) is 0. The molecule has 0 radical (unpaired) electrons. The average molecular weight is 438 g/mol. The summed E-state index contributed by atoms with van der Waals surface area (Å²) in [5.74, 6) is -1.45. The molecule has 0 spiro atoms. The number of nitrogens with one attached hydrogen (secondary N) is 2. The monoisotopic (exact) mass is 437 g/mol. The van der Waals surface area contributed by atoms with Gasteiger partial charge in [-0.15, -0.1) is 0 Å². The van der Waals surface area contributed by atoms with Crippen molar-refractivity contribution in [3.05, 3.63) is 63.9 Å². The van der Waals surface area contributed by atoms with Crippen molar-refractivity contribution in [3.8, 4) is 5.75 Å². The molecule has 0 unspecified atom stereocenters. The minimum Gasteiger partial charge on any atom is -0.483 e. The zero-order valence-corrected chi connectivity index (χ0v) is 15.7. The fraction of sp³-hybridized carbons (Fsp3) is 0.167. The van der Waals surface area contributed by atoms with Crippen molar-refractivity contribution in [2.45, 2.75) is 6.54 Å². The molecule has 142 valence electrons. The molecule has 0 aliphatic carbocycles. The lowest BCUT2D eigenvalue weighted by atomic mass is 10.1. The van der Waals surface area contributed by atoms with E-state index in [2.05, 4.69) is 26.6 Å². The molecule has 0 fully saturated rings. The van der Waals surface area contributed by atoms with Crippen LogP contribution in [0.3, 0.4) is 0 Å². The number of benzene rings is 2. The Morgan fingerprint density at radius 3 is 2.41 bits per heavy atom. The highest BCUT2D eigenvalue weighted by molar-refractivity contribution is 9.10. The third-order valence-corrected chi connectivity index (χ3v) is 4.00. The molecule has 2 aromatic carbocycles. The van der Waals surface area contributed by atoms with Crippen LogP contribution in [0.4, 0.5) is 4.39 Å². The molecule has 9 heteroatoms. The van der Waals surface area contributed by atoms with Gasteiger partial charge in [-0.25, -0.2) is 4.39 Å². The Morgan fingerprint density at radius 1 is 1.07 bits per heavy atom. The largest absolute Gasteiger partial charge is 0.483 e. The van der Waals surface area contributed by atoms with Crippen LogP contribution in [0, 0.1) is 5.82 Å². The maximum absolute atomic E-state index is 13.0. The minimum absolute atomic E-state index is 0.224. The molecule has 7 nitrogen and oxygen atoms in total. The molecule has 0 aliphatic heterocycles. The molecule has 0 heterocycles. The number of ether oxygens (including phenoxy) is 1. The van der Waals surface area contributed by atoms with E-state index in [9.17, 15) is 18.8 Å². The summed E-state index contributed by atoms with van der Waals surface area (Å²) in [7, 11) is 0. The predicted molar refractivity (Wildman–Crippen MR) is 99.4 cm³/mol. The zero-order chi connectivity index (χ0) is 19.8. The highest BCUT2D eigenvalue weighted by Crippen LogP contribution is 2.25. The standard InChI is InChI=1S/C18H17BrFN3O4/c19-14-7-13(20)5-6-15(14)27-10-17(25)22-8-11-1-3-12(4-2-11)18(26)23-9-16(21)24/h1-7H,8-10H2,(H2,21,24)(H,22,25)(H,23,26).